The van der Waals surface area contributed by atoms with Crippen molar-refractivity contribution in [2.24, 2.45) is 5.16 Å². The van der Waals surface area contributed by atoms with E-state index < -0.39 is 0 Å². The van der Waals surface area contributed by atoms with Crippen LogP contribution in [0.5, 0.6) is 5.75 Å². The minimum Gasteiger partial charge on any atom is -0.507 e. The van der Waals surface area contributed by atoms with Crippen molar-refractivity contribution in [3.63, 3.8) is 0 Å². The number of phenolic OH excluding ortho intramolecular Hbond substituents is 1. The highest BCUT2D eigenvalue weighted by molar-refractivity contribution is 6.03. The fraction of sp³-hybridized carbons (Fsp3) is 0.462. The zero-order chi connectivity index (χ0) is 11.7. The van der Waals surface area contributed by atoms with Gasteiger partial charge in [-0.25, -0.2) is 0 Å². The highest BCUT2D eigenvalue weighted by Crippen LogP contribution is 2.35. The molecule has 4 nitrogen and oxygen atoms in total. The summed E-state index contributed by atoms with van der Waals surface area (Å²) in [5.74, 6) is 0.279. The third kappa shape index (κ3) is 1.89. The maximum Gasteiger partial charge on any atom is 0.145 e. The summed E-state index contributed by atoms with van der Waals surface area (Å²) in [5.41, 5.74) is 1.52. The van der Waals surface area contributed by atoms with Crippen LogP contribution in [0.2, 0.25) is 0 Å². The number of para-hydroxylation sites is 1. The Bertz CT molecular complexity index is 450. The summed E-state index contributed by atoms with van der Waals surface area (Å²) in [6.45, 7) is 1.95. The van der Waals surface area contributed by atoms with E-state index in [0.29, 0.717) is 0 Å². The van der Waals surface area contributed by atoms with Gasteiger partial charge in [-0.05, 0) is 25.2 Å². The SMILES string of the molecule is Oc1ccccc1C1=NOC2(CCNCC2)C1. The number of oxime groups is 1. The molecule has 0 unspecified atom stereocenters. The van der Waals surface area contributed by atoms with Gasteiger partial charge in [0, 0.05) is 24.8 Å². The predicted molar refractivity (Wildman–Crippen MR) is 65.2 cm³/mol. The number of nitrogens with zero attached hydrogens (tertiary/aromatic N) is 1. The number of rotatable bonds is 1. The Hall–Kier alpha value is -1.55. The van der Waals surface area contributed by atoms with E-state index in [1.807, 2.05) is 18.2 Å². The molecule has 0 atom stereocenters. The van der Waals surface area contributed by atoms with Gasteiger partial charge in [0.1, 0.15) is 11.4 Å². The lowest BCUT2D eigenvalue weighted by atomic mass is 9.86. The molecule has 2 aliphatic rings. The molecule has 2 N–H and O–H groups in total. The van der Waals surface area contributed by atoms with Crippen molar-refractivity contribution < 1.29 is 9.94 Å². The molecule has 0 radical (unpaired) electrons. The monoisotopic (exact) mass is 232 g/mol. The third-order valence-corrected chi connectivity index (χ3v) is 3.57. The first kappa shape index (κ1) is 10.6. The summed E-state index contributed by atoms with van der Waals surface area (Å²) in [6.07, 6.45) is 2.76. The molecule has 1 aromatic rings. The van der Waals surface area contributed by atoms with E-state index in [9.17, 15) is 5.11 Å². The second-order valence-electron chi connectivity index (χ2n) is 4.76. The number of nitrogens with one attached hydrogen (secondary N) is 1. The first-order chi connectivity index (χ1) is 8.29. The lowest BCUT2D eigenvalue weighted by molar-refractivity contribution is -0.0400. The summed E-state index contributed by atoms with van der Waals surface area (Å²) in [7, 11) is 0. The van der Waals surface area contributed by atoms with E-state index in [-0.39, 0.29) is 11.4 Å². The van der Waals surface area contributed by atoms with Crippen LogP contribution in [0.3, 0.4) is 0 Å². The van der Waals surface area contributed by atoms with Crippen molar-refractivity contribution in [2.45, 2.75) is 24.9 Å². The minimum atomic E-state index is -0.136. The first-order valence-electron chi connectivity index (χ1n) is 6.03. The Morgan fingerprint density at radius 3 is 2.76 bits per heavy atom. The molecule has 2 heterocycles. The smallest absolute Gasteiger partial charge is 0.145 e. The van der Waals surface area contributed by atoms with Gasteiger partial charge in [0.2, 0.25) is 0 Å². The molecule has 17 heavy (non-hydrogen) atoms. The Morgan fingerprint density at radius 2 is 2.00 bits per heavy atom. The number of piperidine rings is 1. The van der Waals surface area contributed by atoms with Crippen LogP contribution < -0.4 is 5.32 Å². The van der Waals surface area contributed by atoms with Gasteiger partial charge in [-0.2, -0.15) is 0 Å². The van der Waals surface area contributed by atoms with Crippen LogP contribution in [0.25, 0.3) is 0 Å². The number of aromatic hydroxyl groups is 1. The van der Waals surface area contributed by atoms with Crippen molar-refractivity contribution in [1.29, 1.82) is 0 Å². The van der Waals surface area contributed by atoms with Crippen LogP contribution in [0, 0.1) is 0 Å². The molecule has 2 aliphatic heterocycles. The fourth-order valence-electron chi connectivity index (χ4n) is 2.53. The van der Waals surface area contributed by atoms with Crippen molar-refractivity contribution >= 4 is 5.71 Å². The van der Waals surface area contributed by atoms with Gasteiger partial charge in [0.05, 0.1) is 5.71 Å². The third-order valence-electron chi connectivity index (χ3n) is 3.57. The molecule has 0 bridgehead atoms. The lowest BCUT2D eigenvalue weighted by Gasteiger charge is -2.30. The maximum atomic E-state index is 9.81. The lowest BCUT2D eigenvalue weighted by Crippen LogP contribution is -2.42. The van der Waals surface area contributed by atoms with E-state index in [1.54, 1.807) is 6.07 Å². The number of hydrogen-bond acceptors (Lipinski definition) is 4. The van der Waals surface area contributed by atoms with Gasteiger partial charge < -0.3 is 15.3 Å². The average Bonchev–Trinajstić information content (AvgIpc) is 2.74. The summed E-state index contributed by atoms with van der Waals surface area (Å²) >= 11 is 0. The van der Waals surface area contributed by atoms with Gasteiger partial charge in [-0.15, -0.1) is 0 Å². The molecule has 1 aromatic carbocycles. The van der Waals surface area contributed by atoms with E-state index in [1.165, 1.54) is 0 Å². The fourth-order valence-corrected chi connectivity index (χ4v) is 2.53. The Morgan fingerprint density at radius 1 is 1.24 bits per heavy atom. The normalized spacial score (nSPS) is 22.2. The first-order valence-corrected chi connectivity index (χ1v) is 6.03. The van der Waals surface area contributed by atoms with Crippen LogP contribution in [0.4, 0.5) is 0 Å². The Balaban J connectivity index is 1.81. The molecule has 0 saturated carbocycles. The summed E-state index contributed by atoms with van der Waals surface area (Å²) in [4.78, 5) is 5.64. The van der Waals surface area contributed by atoms with Crippen molar-refractivity contribution in [1.82, 2.24) is 5.32 Å². The molecule has 1 fully saturated rings. The van der Waals surface area contributed by atoms with Crippen molar-refractivity contribution in [2.75, 3.05) is 13.1 Å². The van der Waals surface area contributed by atoms with Crippen LogP contribution in [-0.4, -0.2) is 29.5 Å². The highest BCUT2D eigenvalue weighted by Gasteiger charge is 2.40. The Kier molecular flexibility index (Phi) is 2.52. The van der Waals surface area contributed by atoms with Crippen LogP contribution in [0.15, 0.2) is 29.4 Å². The van der Waals surface area contributed by atoms with Gasteiger partial charge >= 0.3 is 0 Å². The van der Waals surface area contributed by atoms with E-state index in [4.69, 9.17) is 4.84 Å². The molecule has 4 heteroatoms. The van der Waals surface area contributed by atoms with Gasteiger partial charge in [-0.3, -0.25) is 0 Å². The molecule has 3 rings (SSSR count). The van der Waals surface area contributed by atoms with E-state index in [2.05, 4.69) is 10.5 Å². The second-order valence-corrected chi connectivity index (χ2v) is 4.76. The zero-order valence-electron chi connectivity index (χ0n) is 9.65. The van der Waals surface area contributed by atoms with Crippen molar-refractivity contribution in [3.05, 3.63) is 29.8 Å². The largest absolute Gasteiger partial charge is 0.507 e. The average molecular weight is 232 g/mol. The maximum absolute atomic E-state index is 9.81. The second kappa shape index (κ2) is 4.04. The topological polar surface area (TPSA) is 53.9 Å². The molecule has 0 amide bonds. The van der Waals surface area contributed by atoms with Gasteiger partial charge in [0.15, 0.2) is 0 Å². The molecule has 0 aromatic heterocycles. The van der Waals surface area contributed by atoms with Crippen LogP contribution in [0.1, 0.15) is 24.8 Å². The molecule has 90 valence electrons. The van der Waals surface area contributed by atoms with Gasteiger partial charge in [-0.1, -0.05) is 17.3 Å². The molecule has 0 aliphatic carbocycles. The molecule has 1 spiro atoms. The summed E-state index contributed by atoms with van der Waals surface area (Å²) < 4.78 is 0. The number of benzene rings is 1. The standard InChI is InChI=1S/C13H16N2O2/c16-12-4-2-1-3-10(12)11-9-13(17-15-11)5-7-14-8-6-13/h1-4,14,16H,5-9H2. The molecule has 1 saturated heterocycles. The molecular weight excluding hydrogens is 216 g/mol. The minimum absolute atomic E-state index is 0.136. The van der Waals surface area contributed by atoms with Crippen LogP contribution >= 0.6 is 0 Å². The molecular formula is C13H16N2O2. The quantitative estimate of drug-likeness (QED) is 0.774. The van der Waals surface area contributed by atoms with Crippen molar-refractivity contribution in [3.8, 4) is 5.75 Å². The van der Waals surface area contributed by atoms with E-state index in [0.717, 1.165) is 43.6 Å². The Labute approximate surface area is 100 Å². The predicted octanol–water partition coefficient (Wildman–Crippen LogP) is 1.64. The summed E-state index contributed by atoms with van der Waals surface area (Å²) in [6, 6.07) is 7.30. The van der Waals surface area contributed by atoms with Gasteiger partial charge in [0.25, 0.3) is 0 Å². The number of hydrogen-bond donors (Lipinski definition) is 2. The number of phenols is 1. The highest BCUT2D eigenvalue weighted by atomic mass is 16.7. The summed E-state index contributed by atoms with van der Waals surface area (Å²) in [5, 5.41) is 17.3. The zero-order valence-corrected chi connectivity index (χ0v) is 9.65. The van der Waals surface area contributed by atoms with E-state index >= 15 is 0 Å². The van der Waals surface area contributed by atoms with Crippen LogP contribution in [-0.2, 0) is 4.84 Å².